The monoisotopic (exact) mass is 288 g/mol. The first kappa shape index (κ1) is 16.1. The number of benzene rings is 1. The van der Waals surface area contributed by atoms with Crippen molar-refractivity contribution < 1.29 is 9.53 Å². The van der Waals surface area contributed by atoms with Crippen LogP contribution in [0.25, 0.3) is 0 Å². The van der Waals surface area contributed by atoms with Gasteiger partial charge in [0.05, 0.1) is 6.61 Å². The molecule has 0 bridgehead atoms. The molecule has 1 aromatic carbocycles. The number of ether oxygens (including phenoxy) is 1. The number of hydrogen-bond acceptors (Lipinski definition) is 2. The molecular weight excluding hydrogens is 260 g/mol. The van der Waals surface area contributed by atoms with E-state index in [1.54, 1.807) is 0 Å². The molecule has 0 radical (unpaired) electrons. The zero-order valence-corrected chi connectivity index (χ0v) is 13.4. The molecule has 1 aliphatic carbocycles. The van der Waals surface area contributed by atoms with Gasteiger partial charge in [-0.2, -0.15) is 0 Å². The Hall–Kier alpha value is -1.31. The largest absolute Gasteiger partial charge is 0.494 e. The highest BCUT2D eigenvalue weighted by Gasteiger charge is 2.29. The first-order chi connectivity index (χ1) is 10.2. The molecule has 116 valence electrons. The van der Waals surface area contributed by atoms with Crippen LogP contribution >= 0.6 is 0 Å². The van der Waals surface area contributed by atoms with Gasteiger partial charge in [0, 0.05) is 12.3 Å². The Morgan fingerprint density at radius 3 is 2.48 bits per heavy atom. The number of Topliss-reactive ketones (excluding diaryl/α,β-unsaturated/α-hetero) is 1. The van der Waals surface area contributed by atoms with Crippen LogP contribution < -0.4 is 4.74 Å². The zero-order chi connectivity index (χ0) is 15.1. The Morgan fingerprint density at radius 1 is 1.10 bits per heavy atom. The van der Waals surface area contributed by atoms with Gasteiger partial charge in [-0.05, 0) is 43.4 Å². The Kier molecular flexibility index (Phi) is 6.28. The molecule has 0 aliphatic heterocycles. The summed E-state index contributed by atoms with van der Waals surface area (Å²) in [7, 11) is 0. The van der Waals surface area contributed by atoms with E-state index in [4.69, 9.17) is 4.74 Å². The van der Waals surface area contributed by atoms with E-state index < -0.39 is 0 Å². The molecule has 0 aromatic heterocycles. The number of unbranched alkanes of at least 4 members (excludes halogenated alkanes) is 2. The number of rotatable bonds is 7. The van der Waals surface area contributed by atoms with Crippen LogP contribution in [0.1, 0.15) is 70.3 Å². The zero-order valence-electron chi connectivity index (χ0n) is 13.4. The normalized spacial score (nSPS) is 22.3. The topological polar surface area (TPSA) is 26.3 Å². The fourth-order valence-corrected chi connectivity index (χ4v) is 3.34. The SMILES string of the molecule is CCCCCC1CCC(c2ccc(OCC)cc2)C(=O)C1. The lowest BCUT2D eigenvalue weighted by molar-refractivity contribution is -0.123. The van der Waals surface area contributed by atoms with Crippen molar-refractivity contribution in [2.75, 3.05) is 6.61 Å². The molecule has 21 heavy (non-hydrogen) atoms. The molecule has 0 saturated heterocycles. The Balaban J connectivity index is 1.89. The van der Waals surface area contributed by atoms with E-state index in [1.165, 1.54) is 32.1 Å². The minimum Gasteiger partial charge on any atom is -0.494 e. The lowest BCUT2D eigenvalue weighted by Crippen LogP contribution is -2.23. The van der Waals surface area contributed by atoms with Crippen molar-refractivity contribution >= 4 is 5.78 Å². The molecule has 2 nitrogen and oxygen atoms in total. The average molecular weight is 288 g/mol. The molecule has 2 unspecified atom stereocenters. The van der Waals surface area contributed by atoms with Crippen molar-refractivity contribution in [3.8, 4) is 5.75 Å². The van der Waals surface area contributed by atoms with Crippen LogP contribution in [-0.4, -0.2) is 12.4 Å². The molecule has 1 fully saturated rings. The number of carbonyl (C=O) groups is 1. The highest BCUT2D eigenvalue weighted by Crippen LogP contribution is 2.35. The average Bonchev–Trinajstić information content (AvgIpc) is 2.49. The van der Waals surface area contributed by atoms with Gasteiger partial charge >= 0.3 is 0 Å². The standard InChI is InChI=1S/C19H28O2/c1-3-5-6-7-15-8-13-18(19(20)14-15)16-9-11-17(12-10-16)21-4-2/h9-12,15,18H,3-8,13-14H2,1-2H3. The molecule has 2 heteroatoms. The van der Waals surface area contributed by atoms with Gasteiger partial charge in [-0.3, -0.25) is 4.79 Å². The molecule has 0 amide bonds. The van der Waals surface area contributed by atoms with Gasteiger partial charge < -0.3 is 4.74 Å². The molecule has 0 N–H and O–H groups in total. The van der Waals surface area contributed by atoms with E-state index in [2.05, 4.69) is 19.1 Å². The van der Waals surface area contributed by atoms with E-state index in [0.717, 1.165) is 24.2 Å². The minimum atomic E-state index is 0.114. The summed E-state index contributed by atoms with van der Waals surface area (Å²) < 4.78 is 5.46. The van der Waals surface area contributed by atoms with Crippen LogP contribution in [0.4, 0.5) is 0 Å². The van der Waals surface area contributed by atoms with Crippen LogP contribution in [0, 0.1) is 5.92 Å². The Bertz CT molecular complexity index is 435. The highest BCUT2D eigenvalue weighted by molar-refractivity contribution is 5.86. The van der Waals surface area contributed by atoms with Crippen molar-refractivity contribution in [2.45, 2.75) is 64.7 Å². The van der Waals surface area contributed by atoms with Crippen molar-refractivity contribution in [1.82, 2.24) is 0 Å². The summed E-state index contributed by atoms with van der Waals surface area (Å²) in [6, 6.07) is 8.09. The highest BCUT2D eigenvalue weighted by atomic mass is 16.5. The summed E-state index contributed by atoms with van der Waals surface area (Å²) in [6.45, 7) is 4.90. The third kappa shape index (κ3) is 4.59. The van der Waals surface area contributed by atoms with Crippen molar-refractivity contribution in [3.05, 3.63) is 29.8 Å². The van der Waals surface area contributed by atoms with Gasteiger partial charge in [-0.15, -0.1) is 0 Å². The number of hydrogen-bond donors (Lipinski definition) is 0. The van der Waals surface area contributed by atoms with E-state index >= 15 is 0 Å². The summed E-state index contributed by atoms with van der Waals surface area (Å²) in [5.74, 6) is 2.07. The van der Waals surface area contributed by atoms with Gasteiger partial charge in [-0.25, -0.2) is 0 Å². The molecule has 2 atom stereocenters. The van der Waals surface area contributed by atoms with E-state index in [-0.39, 0.29) is 5.92 Å². The van der Waals surface area contributed by atoms with Gasteiger partial charge in [0.1, 0.15) is 11.5 Å². The maximum atomic E-state index is 12.4. The lowest BCUT2D eigenvalue weighted by Gasteiger charge is -2.27. The number of carbonyl (C=O) groups excluding carboxylic acids is 1. The molecule has 2 rings (SSSR count). The second-order valence-corrected chi connectivity index (χ2v) is 6.16. The van der Waals surface area contributed by atoms with Gasteiger partial charge in [0.25, 0.3) is 0 Å². The summed E-state index contributed by atoms with van der Waals surface area (Å²) in [4.78, 5) is 12.4. The first-order valence-corrected chi connectivity index (χ1v) is 8.50. The van der Waals surface area contributed by atoms with E-state index in [0.29, 0.717) is 18.3 Å². The van der Waals surface area contributed by atoms with Gasteiger partial charge in [0.15, 0.2) is 0 Å². The van der Waals surface area contributed by atoms with Crippen LogP contribution in [0.15, 0.2) is 24.3 Å². The van der Waals surface area contributed by atoms with E-state index in [1.807, 2.05) is 19.1 Å². The van der Waals surface area contributed by atoms with Crippen molar-refractivity contribution in [2.24, 2.45) is 5.92 Å². The first-order valence-electron chi connectivity index (χ1n) is 8.50. The predicted octanol–water partition coefficient (Wildman–Crippen LogP) is 5.12. The molecule has 1 aromatic rings. The van der Waals surface area contributed by atoms with Crippen molar-refractivity contribution in [3.63, 3.8) is 0 Å². The summed E-state index contributed by atoms with van der Waals surface area (Å²) in [6.07, 6.45) is 8.07. The van der Waals surface area contributed by atoms with Gasteiger partial charge in [0.2, 0.25) is 0 Å². The second-order valence-electron chi connectivity index (χ2n) is 6.16. The summed E-state index contributed by atoms with van der Waals surface area (Å²) >= 11 is 0. The predicted molar refractivity (Wildman–Crippen MR) is 86.8 cm³/mol. The third-order valence-electron chi connectivity index (χ3n) is 4.55. The van der Waals surface area contributed by atoms with Crippen LogP contribution in [0.3, 0.4) is 0 Å². The van der Waals surface area contributed by atoms with Crippen LogP contribution in [0.2, 0.25) is 0 Å². The molecule has 0 heterocycles. The molecule has 0 spiro atoms. The minimum absolute atomic E-state index is 0.114. The van der Waals surface area contributed by atoms with Crippen molar-refractivity contribution in [1.29, 1.82) is 0 Å². The maximum absolute atomic E-state index is 12.4. The smallest absolute Gasteiger partial charge is 0.140 e. The van der Waals surface area contributed by atoms with E-state index in [9.17, 15) is 4.79 Å². The molecule has 1 aliphatic rings. The Labute approximate surface area is 128 Å². The quantitative estimate of drug-likeness (QED) is 0.651. The molecular formula is C19H28O2. The maximum Gasteiger partial charge on any atom is 0.140 e. The Morgan fingerprint density at radius 2 is 1.86 bits per heavy atom. The lowest BCUT2D eigenvalue weighted by atomic mass is 9.76. The fourth-order valence-electron chi connectivity index (χ4n) is 3.34. The summed E-state index contributed by atoms with van der Waals surface area (Å²) in [5, 5.41) is 0. The summed E-state index contributed by atoms with van der Waals surface area (Å²) in [5.41, 5.74) is 1.16. The van der Waals surface area contributed by atoms with Crippen LogP contribution in [-0.2, 0) is 4.79 Å². The fraction of sp³-hybridized carbons (Fsp3) is 0.632. The molecule has 1 saturated carbocycles. The van der Waals surface area contributed by atoms with Crippen LogP contribution in [0.5, 0.6) is 5.75 Å². The van der Waals surface area contributed by atoms with Gasteiger partial charge in [-0.1, -0.05) is 44.7 Å². The third-order valence-corrected chi connectivity index (χ3v) is 4.55. The number of ketones is 1. The second kappa shape index (κ2) is 8.21.